The summed E-state index contributed by atoms with van der Waals surface area (Å²) in [5, 5.41) is 3.04. The van der Waals surface area contributed by atoms with E-state index in [0.29, 0.717) is 5.88 Å². The lowest BCUT2D eigenvalue weighted by atomic mass is 10.5. The van der Waals surface area contributed by atoms with Gasteiger partial charge in [0, 0.05) is 18.9 Å². The molecule has 0 spiro atoms. The molecule has 0 amide bonds. The van der Waals surface area contributed by atoms with Gasteiger partial charge in [-0.3, -0.25) is 0 Å². The first-order valence-corrected chi connectivity index (χ1v) is 4.28. The zero-order valence-corrected chi connectivity index (χ0v) is 7.25. The van der Waals surface area contributed by atoms with Crippen LogP contribution in [-0.4, -0.2) is 17.8 Å². The third-order valence-corrected chi connectivity index (χ3v) is 2.67. The first-order valence-electron chi connectivity index (χ1n) is 2.87. The largest absolute Gasteiger partial charge is 0.402 e. The molecule has 0 radical (unpaired) electrons. The summed E-state index contributed by atoms with van der Waals surface area (Å²) in [6.45, 7) is 0. The van der Waals surface area contributed by atoms with E-state index in [1.165, 1.54) is 0 Å². The Morgan fingerprint density at radius 1 is 1.90 bits per heavy atom. The van der Waals surface area contributed by atoms with Crippen LogP contribution in [0.2, 0.25) is 0 Å². The van der Waals surface area contributed by atoms with Gasteiger partial charge in [0.25, 0.3) is 0 Å². The van der Waals surface area contributed by atoms with Crippen molar-refractivity contribution in [2.24, 2.45) is 5.73 Å². The van der Waals surface area contributed by atoms with Gasteiger partial charge >= 0.3 is 0 Å². The van der Waals surface area contributed by atoms with Crippen LogP contribution in [0.4, 0.5) is 0 Å². The van der Waals surface area contributed by atoms with E-state index in [2.05, 4.69) is 0 Å². The Bertz CT molecular complexity index is 188. The van der Waals surface area contributed by atoms with E-state index in [9.17, 15) is 0 Å². The van der Waals surface area contributed by atoms with Crippen LogP contribution < -0.4 is 5.73 Å². The van der Waals surface area contributed by atoms with Gasteiger partial charge in [-0.15, -0.1) is 11.6 Å². The molecule has 0 bridgehead atoms. The van der Waals surface area contributed by atoms with E-state index in [4.69, 9.17) is 17.3 Å². The topological polar surface area (TPSA) is 29.3 Å². The summed E-state index contributed by atoms with van der Waals surface area (Å²) in [5.41, 5.74) is 6.44. The molecule has 1 rings (SSSR count). The number of rotatable bonds is 1. The number of hydrogen-bond donors (Lipinski definition) is 1. The molecular formula is C6H9ClN2S. The lowest BCUT2D eigenvalue weighted by Gasteiger charge is -2.14. The second kappa shape index (κ2) is 3.21. The van der Waals surface area contributed by atoms with Crippen molar-refractivity contribution in [1.82, 2.24) is 4.90 Å². The maximum atomic E-state index is 5.63. The minimum atomic E-state index is 0.543. The minimum Gasteiger partial charge on any atom is -0.402 e. The number of alkyl halides is 1. The highest BCUT2D eigenvalue weighted by atomic mass is 35.5. The monoisotopic (exact) mass is 176 g/mol. The molecule has 1 heterocycles. The molecule has 10 heavy (non-hydrogen) atoms. The third kappa shape index (κ3) is 1.25. The quantitative estimate of drug-likeness (QED) is 0.615. The molecule has 4 heteroatoms. The van der Waals surface area contributed by atoms with Crippen LogP contribution in [0, 0.1) is 0 Å². The Hall–Kier alpha value is -0.280. The average molecular weight is 177 g/mol. The molecule has 56 valence electrons. The first kappa shape index (κ1) is 7.82. The Balaban J connectivity index is 2.69. The summed E-state index contributed by atoms with van der Waals surface area (Å²) in [5.74, 6) is 0.543. The fraction of sp³-hybridized carbons (Fsp3) is 0.333. The van der Waals surface area contributed by atoms with Crippen LogP contribution in [0.5, 0.6) is 0 Å². The average Bonchev–Trinajstić information content (AvgIpc) is 2.30. The standard InChI is InChI=1S/C6H9ClN2S/c1-9-5(2-7)4-10-6(9)3-8/h3-4H,2,8H2,1H3/b6-3+. The van der Waals surface area contributed by atoms with Gasteiger partial charge in [-0.05, 0) is 5.41 Å². The second-order valence-electron chi connectivity index (χ2n) is 1.92. The predicted octanol–water partition coefficient (Wildman–Crippen LogP) is 1.50. The van der Waals surface area contributed by atoms with Crippen molar-refractivity contribution in [2.75, 3.05) is 12.9 Å². The summed E-state index contributed by atoms with van der Waals surface area (Å²) in [7, 11) is 1.95. The van der Waals surface area contributed by atoms with Crippen LogP contribution in [-0.2, 0) is 0 Å². The predicted molar refractivity (Wildman–Crippen MR) is 46.4 cm³/mol. The lowest BCUT2D eigenvalue weighted by molar-refractivity contribution is 0.567. The molecule has 0 saturated carbocycles. The molecule has 1 aliphatic heterocycles. The van der Waals surface area contributed by atoms with Gasteiger partial charge in [0.2, 0.25) is 0 Å². The molecule has 0 fully saturated rings. The van der Waals surface area contributed by atoms with Gasteiger partial charge in [-0.25, -0.2) is 0 Å². The maximum Gasteiger partial charge on any atom is 0.0948 e. The van der Waals surface area contributed by atoms with E-state index in [1.807, 2.05) is 17.4 Å². The lowest BCUT2D eigenvalue weighted by Crippen LogP contribution is -2.12. The number of nitrogens with two attached hydrogens (primary N) is 1. The van der Waals surface area contributed by atoms with Gasteiger partial charge in [-0.2, -0.15) is 0 Å². The van der Waals surface area contributed by atoms with Gasteiger partial charge in [-0.1, -0.05) is 11.8 Å². The molecule has 0 aromatic rings. The van der Waals surface area contributed by atoms with Crippen LogP contribution >= 0.6 is 23.4 Å². The molecule has 2 N–H and O–H groups in total. The molecule has 0 atom stereocenters. The van der Waals surface area contributed by atoms with Gasteiger partial charge in [0.1, 0.15) is 0 Å². The Labute approximate surface area is 69.7 Å². The van der Waals surface area contributed by atoms with Crippen molar-refractivity contribution in [3.63, 3.8) is 0 Å². The Morgan fingerprint density at radius 3 is 2.90 bits per heavy atom. The van der Waals surface area contributed by atoms with Crippen LogP contribution in [0.15, 0.2) is 22.3 Å². The number of halogens is 1. The van der Waals surface area contributed by atoms with Gasteiger partial charge < -0.3 is 10.6 Å². The highest BCUT2D eigenvalue weighted by Crippen LogP contribution is 2.32. The minimum absolute atomic E-state index is 0.543. The van der Waals surface area contributed by atoms with Crippen LogP contribution in [0.3, 0.4) is 0 Å². The van der Waals surface area contributed by atoms with Crippen molar-refractivity contribution < 1.29 is 0 Å². The second-order valence-corrected chi connectivity index (χ2v) is 3.08. The Kier molecular flexibility index (Phi) is 2.51. The molecule has 0 unspecified atom stereocenters. The number of thioether (sulfide) groups is 1. The molecule has 0 aliphatic carbocycles. The Morgan fingerprint density at radius 2 is 2.60 bits per heavy atom. The van der Waals surface area contributed by atoms with Gasteiger partial charge in [0.05, 0.1) is 10.9 Å². The van der Waals surface area contributed by atoms with E-state index in [0.717, 1.165) is 10.7 Å². The van der Waals surface area contributed by atoms with Crippen molar-refractivity contribution >= 4 is 23.4 Å². The zero-order chi connectivity index (χ0) is 7.56. The highest BCUT2D eigenvalue weighted by molar-refractivity contribution is 8.06. The number of hydrogen-bond acceptors (Lipinski definition) is 3. The van der Waals surface area contributed by atoms with Crippen molar-refractivity contribution in [3.05, 3.63) is 22.3 Å². The fourth-order valence-electron chi connectivity index (χ4n) is 0.700. The molecule has 0 aromatic heterocycles. The SMILES string of the molecule is CN1C(CCl)=CS/C1=C/N. The third-order valence-electron chi connectivity index (χ3n) is 1.36. The van der Waals surface area contributed by atoms with Gasteiger partial charge in [0.15, 0.2) is 0 Å². The number of allylic oxidation sites excluding steroid dienone is 1. The van der Waals surface area contributed by atoms with Crippen molar-refractivity contribution in [1.29, 1.82) is 0 Å². The maximum absolute atomic E-state index is 5.63. The van der Waals surface area contributed by atoms with Crippen LogP contribution in [0.25, 0.3) is 0 Å². The highest BCUT2D eigenvalue weighted by Gasteiger charge is 2.14. The van der Waals surface area contributed by atoms with Crippen molar-refractivity contribution in [3.8, 4) is 0 Å². The molecule has 0 aromatic carbocycles. The summed E-state index contributed by atoms with van der Waals surface area (Å²) in [6.07, 6.45) is 1.58. The van der Waals surface area contributed by atoms with E-state index in [-0.39, 0.29) is 0 Å². The van der Waals surface area contributed by atoms with E-state index in [1.54, 1.807) is 18.0 Å². The molecule has 2 nitrogen and oxygen atoms in total. The normalized spacial score (nSPS) is 22.0. The zero-order valence-electron chi connectivity index (χ0n) is 5.67. The van der Waals surface area contributed by atoms with Crippen LogP contribution in [0.1, 0.15) is 0 Å². The molecule has 1 aliphatic rings. The summed E-state index contributed by atoms with van der Waals surface area (Å²) >= 11 is 7.23. The molecular weight excluding hydrogens is 168 g/mol. The van der Waals surface area contributed by atoms with Crippen molar-refractivity contribution in [2.45, 2.75) is 0 Å². The summed E-state index contributed by atoms with van der Waals surface area (Å²) in [4.78, 5) is 1.98. The number of nitrogens with zero attached hydrogens (tertiary/aromatic N) is 1. The summed E-state index contributed by atoms with van der Waals surface area (Å²) < 4.78 is 0. The summed E-state index contributed by atoms with van der Waals surface area (Å²) in [6, 6.07) is 0. The fourth-order valence-corrected chi connectivity index (χ4v) is 1.90. The molecule has 0 saturated heterocycles. The van der Waals surface area contributed by atoms with E-state index < -0.39 is 0 Å². The smallest absolute Gasteiger partial charge is 0.0948 e. The first-order chi connectivity index (χ1) is 4.79. The van der Waals surface area contributed by atoms with E-state index >= 15 is 0 Å².